The fraction of sp³-hybridized carbons (Fsp3) is 0.368. The summed E-state index contributed by atoms with van der Waals surface area (Å²) in [5.41, 5.74) is 2.89. The van der Waals surface area contributed by atoms with Gasteiger partial charge in [-0.15, -0.1) is 0 Å². The molecule has 0 amide bonds. The van der Waals surface area contributed by atoms with Gasteiger partial charge in [-0.2, -0.15) is 0 Å². The molecule has 2 fully saturated rings. The topological polar surface area (TPSA) is 6.48 Å². The fourth-order valence-corrected chi connectivity index (χ4v) is 3.59. The number of piperazine rings is 1. The summed E-state index contributed by atoms with van der Waals surface area (Å²) in [5.74, 6) is 0.773. The Hall–Kier alpha value is -1.80. The van der Waals surface area contributed by atoms with Gasteiger partial charge in [-0.25, -0.2) is 0 Å². The lowest BCUT2D eigenvalue weighted by atomic mass is 10.1. The summed E-state index contributed by atoms with van der Waals surface area (Å²) in [5, 5.41) is 0. The van der Waals surface area contributed by atoms with Crippen molar-refractivity contribution < 1.29 is 0 Å². The van der Waals surface area contributed by atoms with Gasteiger partial charge in [0.2, 0.25) is 0 Å². The van der Waals surface area contributed by atoms with E-state index >= 15 is 0 Å². The molecule has 4 rings (SSSR count). The van der Waals surface area contributed by atoms with Gasteiger partial charge in [0, 0.05) is 43.8 Å². The van der Waals surface area contributed by atoms with Crippen molar-refractivity contribution >= 4 is 5.69 Å². The van der Waals surface area contributed by atoms with Crippen molar-refractivity contribution in [3.63, 3.8) is 0 Å². The molecule has 1 aliphatic carbocycles. The molecular weight excluding hydrogens is 256 g/mol. The van der Waals surface area contributed by atoms with Gasteiger partial charge < -0.3 is 4.90 Å². The number of hydrogen-bond acceptors (Lipinski definition) is 2. The van der Waals surface area contributed by atoms with E-state index in [-0.39, 0.29) is 0 Å². The molecule has 0 N–H and O–H groups in total. The van der Waals surface area contributed by atoms with Crippen LogP contribution in [0.1, 0.15) is 17.9 Å². The van der Waals surface area contributed by atoms with Crippen LogP contribution >= 0.6 is 0 Å². The van der Waals surface area contributed by atoms with E-state index in [1.807, 2.05) is 0 Å². The summed E-state index contributed by atoms with van der Waals surface area (Å²) < 4.78 is 0. The third-order valence-corrected chi connectivity index (χ3v) is 4.89. The predicted octanol–water partition coefficient (Wildman–Crippen LogP) is 3.36. The number of para-hydroxylation sites is 1. The number of nitrogens with zero attached hydrogens (tertiary/aromatic N) is 2. The van der Waals surface area contributed by atoms with Crippen LogP contribution in [-0.4, -0.2) is 37.1 Å². The summed E-state index contributed by atoms with van der Waals surface area (Å²) in [7, 11) is 0. The van der Waals surface area contributed by atoms with Gasteiger partial charge in [-0.3, -0.25) is 4.90 Å². The molecule has 0 unspecified atom stereocenters. The van der Waals surface area contributed by atoms with E-state index in [0.717, 1.165) is 25.0 Å². The van der Waals surface area contributed by atoms with Crippen molar-refractivity contribution in [1.29, 1.82) is 0 Å². The average molecular weight is 278 g/mol. The first-order chi connectivity index (χ1) is 10.4. The first-order valence-electron chi connectivity index (χ1n) is 8.01. The number of anilines is 1. The highest BCUT2D eigenvalue weighted by Crippen LogP contribution is 2.44. The van der Waals surface area contributed by atoms with Crippen LogP contribution in [-0.2, 0) is 0 Å². The van der Waals surface area contributed by atoms with E-state index in [4.69, 9.17) is 0 Å². The molecule has 1 aliphatic heterocycles. The van der Waals surface area contributed by atoms with Gasteiger partial charge in [0.05, 0.1) is 0 Å². The van der Waals surface area contributed by atoms with Crippen molar-refractivity contribution in [2.75, 3.05) is 31.1 Å². The first kappa shape index (κ1) is 12.9. The second-order valence-electron chi connectivity index (χ2n) is 6.18. The Balaban J connectivity index is 1.35. The van der Waals surface area contributed by atoms with Gasteiger partial charge in [-0.05, 0) is 24.1 Å². The number of rotatable bonds is 3. The van der Waals surface area contributed by atoms with Gasteiger partial charge >= 0.3 is 0 Å². The second-order valence-corrected chi connectivity index (χ2v) is 6.18. The summed E-state index contributed by atoms with van der Waals surface area (Å²) in [6.45, 7) is 4.70. The van der Waals surface area contributed by atoms with Crippen LogP contribution in [0.4, 0.5) is 5.69 Å². The quantitative estimate of drug-likeness (QED) is 0.849. The lowest BCUT2D eigenvalue weighted by molar-refractivity contribution is 0.244. The predicted molar refractivity (Wildman–Crippen MR) is 87.8 cm³/mol. The van der Waals surface area contributed by atoms with Crippen LogP contribution in [0.5, 0.6) is 0 Å². The Morgan fingerprint density at radius 2 is 1.33 bits per heavy atom. The van der Waals surface area contributed by atoms with Gasteiger partial charge in [0.25, 0.3) is 0 Å². The van der Waals surface area contributed by atoms with Gasteiger partial charge in [-0.1, -0.05) is 48.5 Å². The molecule has 1 saturated carbocycles. The second kappa shape index (κ2) is 5.53. The summed E-state index contributed by atoms with van der Waals surface area (Å²) in [6, 6.07) is 22.6. The zero-order valence-electron chi connectivity index (χ0n) is 12.4. The highest BCUT2D eigenvalue weighted by molar-refractivity contribution is 5.46. The maximum Gasteiger partial charge on any atom is 0.0367 e. The van der Waals surface area contributed by atoms with Crippen molar-refractivity contribution in [3.8, 4) is 0 Å². The van der Waals surface area contributed by atoms with Crippen LogP contribution in [0.2, 0.25) is 0 Å². The summed E-state index contributed by atoms with van der Waals surface area (Å²) in [4.78, 5) is 5.20. The molecule has 2 heteroatoms. The lowest BCUT2D eigenvalue weighted by Gasteiger charge is -2.36. The van der Waals surface area contributed by atoms with Gasteiger partial charge in [0.1, 0.15) is 0 Å². The molecule has 0 aromatic heterocycles. The van der Waals surface area contributed by atoms with Crippen LogP contribution in [0.15, 0.2) is 60.7 Å². The molecular formula is C19H22N2. The largest absolute Gasteiger partial charge is 0.369 e. The lowest BCUT2D eigenvalue weighted by Crippen LogP contribution is -2.47. The highest BCUT2D eigenvalue weighted by atomic mass is 15.3. The Labute approximate surface area is 127 Å². The molecule has 108 valence electrons. The minimum absolute atomic E-state index is 0.773. The summed E-state index contributed by atoms with van der Waals surface area (Å²) in [6.07, 6.45) is 1.34. The Kier molecular flexibility index (Phi) is 3.40. The molecule has 21 heavy (non-hydrogen) atoms. The van der Waals surface area contributed by atoms with E-state index in [0.29, 0.717) is 0 Å². The smallest absolute Gasteiger partial charge is 0.0367 e. The third kappa shape index (κ3) is 2.68. The van der Waals surface area contributed by atoms with Crippen molar-refractivity contribution in [2.24, 2.45) is 0 Å². The van der Waals surface area contributed by atoms with Crippen LogP contribution in [0.25, 0.3) is 0 Å². The van der Waals surface area contributed by atoms with Crippen molar-refractivity contribution in [2.45, 2.75) is 18.4 Å². The molecule has 1 saturated heterocycles. The maximum absolute atomic E-state index is 2.69. The fourth-order valence-electron chi connectivity index (χ4n) is 3.59. The molecule has 0 bridgehead atoms. The molecule has 2 nitrogen and oxygen atoms in total. The zero-order chi connectivity index (χ0) is 14.1. The first-order valence-corrected chi connectivity index (χ1v) is 8.01. The zero-order valence-corrected chi connectivity index (χ0v) is 12.4. The average Bonchev–Trinajstić information content (AvgIpc) is 3.37. The van der Waals surface area contributed by atoms with Crippen molar-refractivity contribution in [1.82, 2.24) is 4.90 Å². The molecule has 2 aromatic rings. The molecule has 0 radical (unpaired) electrons. The Morgan fingerprint density at radius 3 is 2.00 bits per heavy atom. The van der Waals surface area contributed by atoms with Crippen LogP contribution in [0.3, 0.4) is 0 Å². The van der Waals surface area contributed by atoms with E-state index in [9.17, 15) is 0 Å². The van der Waals surface area contributed by atoms with Crippen LogP contribution in [0, 0.1) is 0 Å². The summed E-state index contributed by atoms with van der Waals surface area (Å²) >= 11 is 0. The number of benzene rings is 2. The highest BCUT2D eigenvalue weighted by Gasteiger charge is 2.43. The standard InChI is InChI=1S/C19H22N2/c1-3-7-16(8-4-1)18-15-19(18)21-13-11-20(12-14-21)17-9-5-2-6-10-17/h1-10,18-19H,11-15H2/t18-,19+/m0/s1. The molecule has 2 atom stereocenters. The molecule has 2 aromatic carbocycles. The normalized spacial score (nSPS) is 25.8. The third-order valence-electron chi connectivity index (χ3n) is 4.89. The molecule has 0 spiro atoms. The Morgan fingerprint density at radius 1 is 0.714 bits per heavy atom. The van der Waals surface area contributed by atoms with Gasteiger partial charge in [0.15, 0.2) is 0 Å². The SMILES string of the molecule is c1ccc([C@@H]2C[C@H]2N2CCN(c3ccccc3)CC2)cc1. The minimum Gasteiger partial charge on any atom is -0.369 e. The molecule has 1 heterocycles. The van der Waals surface area contributed by atoms with Crippen molar-refractivity contribution in [3.05, 3.63) is 66.2 Å². The monoisotopic (exact) mass is 278 g/mol. The molecule has 2 aliphatic rings. The van der Waals surface area contributed by atoms with E-state index in [1.54, 1.807) is 0 Å². The maximum atomic E-state index is 2.69. The van der Waals surface area contributed by atoms with E-state index in [2.05, 4.69) is 70.5 Å². The minimum atomic E-state index is 0.773. The Bertz CT molecular complexity index is 573. The van der Waals surface area contributed by atoms with Crippen LogP contribution < -0.4 is 4.90 Å². The van der Waals surface area contributed by atoms with E-state index in [1.165, 1.54) is 30.8 Å². The number of hydrogen-bond donors (Lipinski definition) is 0. The van der Waals surface area contributed by atoms with E-state index < -0.39 is 0 Å².